The maximum atomic E-state index is 3.53. The van der Waals surface area contributed by atoms with Crippen LogP contribution in [0.25, 0.3) is 0 Å². The molecule has 0 aromatic heterocycles. The average Bonchev–Trinajstić information content (AvgIpc) is 1.86. The molecule has 1 N–H and O–H groups in total. The predicted octanol–water partition coefficient (Wildman–Crippen LogP) is 2.17. The molecule has 0 aromatic carbocycles. The second-order valence-electron chi connectivity index (χ2n) is 3.40. The fourth-order valence-corrected chi connectivity index (χ4v) is 1.58. The molecule has 0 amide bonds. The van der Waals surface area contributed by atoms with Crippen molar-refractivity contribution in [1.29, 1.82) is 0 Å². The third kappa shape index (κ3) is 1.98. The standard InChI is InChI=1S/C9H19N/c1-3-5-10-9-6-8(4-2)7-9/h8-10H,3-7H2,1-2H3. The molecule has 0 atom stereocenters. The van der Waals surface area contributed by atoms with Gasteiger partial charge in [-0.2, -0.15) is 0 Å². The molecule has 0 bridgehead atoms. The summed E-state index contributed by atoms with van der Waals surface area (Å²) in [6, 6.07) is 0.866. The number of hydrogen-bond donors (Lipinski definition) is 1. The van der Waals surface area contributed by atoms with E-state index in [1.165, 1.54) is 32.2 Å². The van der Waals surface area contributed by atoms with E-state index in [0.717, 1.165) is 12.0 Å². The summed E-state index contributed by atoms with van der Waals surface area (Å²) in [6.45, 7) is 5.73. The fourth-order valence-electron chi connectivity index (χ4n) is 1.58. The molecule has 1 nitrogen and oxygen atoms in total. The van der Waals surface area contributed by atoms with Crippen molar-refractivity contribution in [1.82, 2.24) is 5.32 Å². The van der Waals surface area contributed by atoms with Crippen LogP contribution in [-0.2, 0) is 0 Å². The van der Waals surface area contributed by atoms with Crippen LogP contribution in [0.5, 0.6) is 0 Å². The average molecular weight is 141 g/mol. The van der Waals surface area contributed by atoms with Crippen molar-refractivity contribution in [2.75, 3.05) is 6.54 Å². The normalized spacial score (nSPS) is 31.8. The third-order valence-electron chi connectivity index (χ3n) is 2.50. The molecule has 0 saturated heterocycles. The van der Waals surface area contributed by atoms with E-state index in [0.29, 0.717) is 0 Å². The van der Waals surface area contributed by atoms with Crippen LogP contribution >= 0.6 is 0 Å². The highest BCUT2D eigenvalue weighted by atomic mass is 14.9. The van der Waals surface area contributed by atoms with Crippen molar-refractivity contribution in [3.63, 3.8) is 0 Å². The van der Waals surface area contributed by atoms with Gasteiger partial charge >= 0.3 is 0 Å². The van der Waals surface area contributed by atoms with Crippen LogP contribution in [0.15, 0.2) is 0 Å². The van der Waals surface area contributed by atoms with E-state index < -0.39 is 0 Å². The van der Waals surface area contributed by atoms with Gasteiger partial charge in [0.2, 0.25) is 0 Å². The zero-order valence-electron chi connectivity index (χ0n) is 7.19. The zero-order valence-corrected chi connectivity index (χ0v) is 7.19. The number of hydrogen-bond acceptors (Lipinski definition) is 1. The summed E-state index contributed by atoms with van der Waals surface area (Å²) < 4.78 is 0. The molecule has 1 aliphatic carbocycles. The molecule has 1 saturated carbocycles. The Bertz CT molecular complexity index is 82.0. The van der Waals surface area contributed by atoms with Gasteiger partial charge in [-0.15, -0.1) is 0 Å². The Kier molecular flexibility index (Phi) is 3.20. The molecule has 60 valence electrons. The van der Waals surface area contributed by atoms with Crippen LogP contribution in [0.1, 0.15) is 39.5 Å². The van der Waals surface area contributed by atoms with Crippen LogP contribution in [0, 0.1) is 5.92 Å². The molecule has 0 aromatic rings. The van der Waals surface area contributed by atoms with E-state index >= 15 is 0 Å². The van der Waals surface area contributed by atoms with E-state index in [9.17, 15) is 0 Å². The van der Waals surface area contributed by atoms with Gasteiger partial charge in [0.15, 0.2) is 0 Å². The first-order valence-electron chi connectivity index (χ1n) is 4.60. The van der Waals surface area contributed by atoms with Gasteiger partial charge in [-0.05, 0) is 31.7 Å². The van der Waals surface area contributed by atoms with Crippen molar-refractivity contribution in [3.8, 4) is 0 Å². The molecule has 1 aliphatic rings. The summed E-state index contributed by atoms with van der Waals surface area (Å²) in [5.74, 6) is 1.04. The van der Waals surface area contributed by atoms with Crippen molar-refractivity contribution in [3.05, 3.63) is 0 Å². The predicted molar refractivity (Wildman–Crippen MR) is 45.1 cm³/mol. The Hall–Kier alpha value is -0.0400. The van der Waals surface area contributed by atoms with E-state index in [-0.39, 0.29) is 0 Å². The van der Waals surface area contributed by atoms with Gasteiger partial charge in [-0.3, -0.25) is 0 Å². The van der Waals surface area contributed by atoms with Crippen LogP contribution in [0.3, 0.4) is 0 Å². The highest BCUT2D eigenvalue weighted by Gasteiger charge is 2.26. The second kappa shape index (κ2) is 3.97. The Labute approximate surface area is 64.2 Å². The lowest BCUT2D eigenvalue weighted by molar-refractivity contribution is 0.217. The minimum Gasteiger partial charge on any atom is -0.314 e. The molecule has 0 aliphatic heterocycles. The molecular formula is C9H19N. The van der Waals surface area contributed by atoms with E-state index in [1.54, 1.807) is 0 Å². The van der Waals surface area contributed by atoms with Crippen LogP contribution in [0.4, 0.5) is 0 Å². The third-order valence-corrected chi connectivity index (χ3v) is 2.50. The summed E-state index contributed by atoms with van der Waals surface area (Å²) in [7, 11) is 0. The lowest BCUT2D eigenvalue weighted by Gasteiger charge is -2.35. The molecule has 1 heteroatoms. The maximum absolute atomic E-state index is 3.53. The summed E-state index contributed by atoms with van der Waals surface area (Å²) in [4.78, 5) is 0. The molecule has 10 heavy (non-hydrogen) atoms. The second-order valence-corrected chi connectivity index (χ2v) is 3.40. The van der Waals surface area contributed by atoms with Gasteiger partial charge < -0.3 is 5.32 Å². The van der Waals surface area contributed by atoms with E-state index in [4.69, 9.17) is 0 Å². The molecule has 1 fully saturated rings. The number of rotatable bonds is 4. The van der Waals surface area contributed by atoms with Crippen molar-refractivity contribution >= 4 is 0 Å². The summed E-state index contributed by atoms with van der Waals surface area (Å²) in [6.07, 6.45) is 5.50. The maximum Gasteiger partial charge on any atom is 0.00723 e. The van der Waals surface area contributed by atoms with E-state index in [1.807, 2.05) is 0 Å². The van der Waals surface area contributed by atoms with Gasteiger partial charge in [-0.25, -0.2) is 0 Å². The highest BCUT2D eigenvalue weighted by molar-refractivity contribution is 4.83. The van der Waals surface area contributed by atoms with Crippen LogP contribution < -0.4 is 5.32 Å². The lowest BCUT2D eigenvalue weighted by atomic mass is 9.79. The van der Waals surface area contributed by atoms with Gasteiger partial charge in [-0.1, -0.05) is 20.3 Å². The zero-order chi connectivity index (χ0) is 7.40. The first-order chi connectivity index (χ1) is 4.86. The van der Waals surface area contributed by atoms with Gasteiger partial charge in [0.05, 0.1) is 0 Å². The van der Waals surface area contributed by atoms with Gasteiger partial charge in [0, 0.05) is 6.04 Å². The molecule has 0 radical (unpaired) electrons. The smallest absolute Gasteiger partial charge is 0.00723 e. The largest absolute Gasteiger partial charge is 0.314 e. The highest BCUT2D eigenvalue weighted by Crippen LogP contribution is 2.29. The SMILES string of the molecule is CCCNC1CC(CC)C1. The minimum atomic E-state index is 0.866. The number of nitrogens with one attached hydrogen (secondary N) is 1. The Morgan fingerprint density at radius 3 is 2.50 bits per heavy atom. The van der Waals surface area contributed by atoms with Gasteiger partial charge in [0.1, 0.15) is 0 Å². The van der Waals surface area contributed by atoms with Crippen molar-refractivity contribution < 1.29 is 0 Å². The molecule has 0 unspecified atom stereocenters. The monoisotopic (exact) mass is 141 g/mol. The topological polar surface area (TPSA) is 12.0 Å². The van der Waals surface area contributed by atoms with Gasteiger partial charge in [0.25, 0.3) is 0 Å². The minimum absolute atomic E-state index is 0.866. The van der Waals surface area contributed by atoms with Crippen LogP contribution in [-0.4, -0.2) is 12.6 Å². The van der Waals surface area contributed by atoms with Crippen molar-refractivity contribution in [2.45, 2.75) is 45.6 Å². The summed E-state index contributed by atoms with van der Waals surface area (Å²) in [5.41, 5.74) is 0. The van der Waals surface area contributed by atoms with Crippen LogP contribution in [0.2, 0.25) is 0 Å². The summed E-state index contributed by atoms with van der Waals surface area (Å²) >= 11 is 0. The fraction of sp³-hybridized carbons (Fsp3) is 1.00. The molecule has 1 rings (SSSR count). The quantitative estimate of drug-likeness (QED) is 0.632. The Morgan fingerprint density at radius 2 is 2.00 bits per heavy atom. The summed E-state index contributed by atoms with van der Waals surface area (Å²) in [5, 5.41) is 3.53. The Morgan fingerprint density at radius 1 is 1.30 bits per heavy atom. The molecule has 0 heterocycles. The first-order valence-corrected chi connectivity index (χ1v) is 4.60. The molecule has 0 spiro atoms. The first kappa shape index (κ1) is 8.06. The molecular weight excluding hydrogens is 122 g/mol. The lowest BCUT2D eigenvalue weighted by Crippen LogP contribution is -2.41. The van der Waals surface area contributed by atoms with E-state index in [2.05, 4.69) is 19.2 Å². The van der Waals surface area contributed by atoms with Crippen molar-refractivity contribution in [2.24, 2.45) is 5.92 Å². The Balaban J connectivity index is 1.93.